The summed E-state index contributed by atoms with van der Waals surface area (Å²) in [6, 6.07) is 5.57. The zero-order chi connectivity index (χ0) is 12.5. The molecule has 1 aromatic carbocycles. The summed E-state index contributed by atoms with van der Waals surface area (Å²) in [5, 5.41) is 0. The molecule has 0 N–H and O–H groups in total. The second-order valence-corrected chi connectivity index (χ2v) is 4.41. The van der Waals surface area contributed by atoms with E-state index in [4.69, 9.17) is 14.2 Å². The fourth-order valence-electron chi connectivity index (χ4n) is 2.52. The predicted octanol–water partition coefficient (Wildman–Crippen LogP) is 1.56. The number of rotatable bonds is 2. The third-order valence-corrected chi connectivity index (χ3v) is 3.41. The molecule has 2 aliphatic heterocycles. The summed E-state index contributed by atoms with van der Waals surface area (Å²) in [7, 11) is 1.43. The van der Waals surface area contributed by atoms with Crippen LogP contribution in [-0.4, -0.2) is 32.5 Å². The lowest BCUT2D eigenvalue weighted by molar-refractivity contribution is -0.141. The maximum Gasteiger partial charge on any atom is 0.328 e. The van der Waals surface area contributed by atoms with Crippen molar-refractivity contribution in [2.24, 2.45) is 0 Å². The molecule has 1 atom stereocenters. The molecule has 96 valence electrons. The van der Waals surface area contributed by atoms with Gasteiger partial charge >= 0.3 is 5.97 Å². The molecule has 1 saturated heterocycles. The first-order chi connectivity index (χ1) is 8.79. The minimum Gasteiger partial charge on any atom is -0.467 e. The van der Waals surface area contributed by atoms with Crippen molar-refractivity contribution in [1.82, 2.24) is 0 Å². The topological polar surface area (TPSA) is 48.0 Å². The van der Waals surface area contributed by atoms with Crippen LogP contribution >= 0.6 is 0 Å². The molecular weight excluding hydrogens is 234 g/mol. The normalized spacial score (nSPS) is 21.2. The van der Waals surface area contributed by atoms with Crippen molar-refractivity contribution in [3.05, 3.63) is 18.2 Å². The van der Waals surface area contributed by atoms with Crippen LogP contribution < -0.4 is 14.4 Å². The van der Waals surface area contributed by atoms with Crippen LogP contribution in [0.2, 0.25) is 0 Å². The number of methoxy groups -OCH3 is 1. The molecule has 1 unspecified atom stereocenters. The zero-order valence-corrected chi connectivity index (χ0v) is 10.2. The second-order valence-electron chi connectivity index (χ2n) is 4.41. The van der Waals surface area contributed by atoms with Crippen LogP contribution in [0.25, 0.3) is 0 Å². The van der Waals surface area contributed by atoms with E-state index in [0.29, 0.717) is 0 Å². The van der Waals surface area contributed by atoms with Gasteiger partial charge in [-0.05, 0) is 25.0 Å². The van der Waals surface area contributed by atoms with E-state index in [1.807, 2.05) is 18.2 Å². The van der Waals surface area contributed by atoms with Gasteiger partial charge in [-0.2, -0.15) is 0 Å². The van der Waals surface area contributed by atoms with Crippen molar-refractivity contribution in [3.63, 3.8) is 0 Å². The average Bonchev–Trinajstić information content (AvgIpc) is 3.05. The molecule has 5 nitrogen and oxygen atoms in total. The summed E-state index contributed by atoms with van der Waals surface area (Å²) in [6.45, 7) is 1.12. The Hall–Kier alpha value is -1.91. The van der Waals surface area contributed by atoms with Gasteiger partial charge in [-0.15, -0.1) is 0 Å². The molecule has 0 aromatic heterocycles. The Bertz CT molecular complexity index is 474. The summed E-state index contributed by atoms with van der Waals surface area (Å²) in [5.74, 6) is 1.32. The zero-order valence-electron chi connectivity index (χ0n) is 10.2. The molecule has 0 amide bonds. The highest BCUT2D eigenvalue weighted by Crippen LogP contribution is 2.37. The molecule has 2 aliphatic rings. The van der Waals surface area contributed by atoms with Crippen LogP contribution in [-0.2, 0) is 9.53 Å². The van der Waals surface area contributed by atoms with Crippen molar-refractivity contribution in [3.8, 4) is 11.5 Å². The average molecular weight is 249 g/mol. The molecule has 2 heterocycles. The first kappa shape index (κ1) is 11.2. The maximum absolute atomic E-state index is 11.7. The summed E-state index contributed by atoms with van der Waals surface area (Å²) < 4.78 is 15.5. The minimum atomic E-state index is -0.185. The summed E-state index contributed by atoms with van der Waals surface area (Å²) in [6.07, 6.45) is 1.83. The van der Waals surface area contributed by atoms with E-state index >= 15 is 0 Å². The Morgan fingerprint density at radius 3 is 3.06 bits per heavy atom. The fourth-order valence-corrected chi connectivity index (χ4v) is 2.52. The SMILES string of the molecule is COC(=O)C1CCCN1c1ccc2c(c1)OCO2. The molecular formula is C13H15NO4. The highest BCUT2D eigenvalue weighted by Gasteiger charge is 2.32. The number of fused-ring (bicyclic) bond motifs is 1. The number of hydrogen-bond donors (Lipinski definition) is 0. The van der Waals surface area contributed by atoms with Crippen molar-refractivity contribution in [1.29, 1.82) is 0 Å². The van der Waals surface area contributed by atoms with Crippen molar-refractivity contribution in [2.45, 2.75) is 18.9 Å². The molecule has 3 rings (SSSR count). The second kappa shape index (κ2) is 4.40. The van der Waals surface area contributed by atoms with E-state index in [0.717, 1.165) is 36.6 Å². The van der Waals surface area contributed by atoms with Gasteiger partial charge in [-0.25, -0.2) is 4.79 Å². The predicted molar refractivity (Wildman–Crippen MR) is 64.9 cm³/mol. The number of benzene rings is 1. The number of carbonyl (C=O) groups is 1. The van der Waals surface area contributed by atoms with Gasteiger partial charge in [-0.3, -0.25) is 0 Å². The van der Waals surface area contributed by atoms with E-state index < -0.39 is 0 Å². The van der Waals surface area contributed by atoms with E-state index in [1.54, 1.807) is 0 Å². The first-order valence-electron chi connectivity index (χ1n) is 6.04. The number of hydrogen-bond acceptors (Lipinski definition) is 5. The summed E-state index contributed by atoms with van der Waals surface area (Å²) in [4.78, 5) is 13.8. The lowest BCUT2D eigenvalue weighted by Crippen LogP contribution is -2.36. The minimum absolute atomic E-state index is 0.176. The quantitative estimate of drug-likeness (QED) is 0.744. The molecule has 1 aromatic rings. The molecule has 0 radical (unpaired) electrons. The van der Waals surface area contributed by atoms with Gasteiger partial charge in [0.25, 0.3) is 0 Å². The smallest absolute Gasteiger partial charge is 0.328 e. The Morgan fingerprint density at radius 2 is 2.22 bits per heavy atom. The lowest BCUT2D eigenvalue weighted by atomic mass is 10.2. The van der Waals surface area contributed by atoms with Crippen LogP contribution in [0.1, 0.15) is 12.8 Å². The van der Waals surface area contributed by atoms with Crippen LogP contribution in [0.15, 0.2) is 18.2 Å². The molecule has 18 heavy (non-hydrogen) atoms. The Labute approximate surface area is 105 Å². The maximum atomic E-state index is 11.7. The summed E-state index contributed by atoms with van der Waals surface area (Å²) >= 11 is 0. The molecule has 0 spiro atoms. The Balaban J connectivity index is 1.87. The van der Waals surface area contributed by atoms with Crippen LogP contribution in [0.5, 0.6) is 11.5 Å². The fraction of sp³-hybridized carbons (Fsp3) is 0.462. The van der Waals surface area contributed by atoms with E-state index in [9.17, 15) is 4.79 Å². The molecule has 1 fully saturated rings. The molecule has 0 saturated carbocycles. The number of anilines is 1. The van der Waals surface area contributed by atoms with Gasteiger partial charge in [0.15, 0.2) is 11.5 Å². The van der Waals surface area contributed by atoms with E-state index in [2.05, 4.69) is 4.90 Å². The van der Waals surface area contributed by atoms with Gasteiger partial charge in [0, 0.05) is 18.3 Å². The molecule has 0 aliphatic carbocycles. The van der Waals surface area contributed by atoms with Crippen LogP contribution in [0.3, 0.4) is 0 Å². The summed E-state index contributed by atoms with van der Waals surface area (Å²) in [5.41, 5.74) is 0.979. The first-order valence-corrected chi connectivity index (χ1v) is 6.04. The van der Waals surface area contributed by atoms with Gasteiger partial charge in [0.1, 0.15) is 6.04 Å². The lowest BCUT2D eigenvalue weighted by Gasteiger charge is -2.24. The Kier molecular flexibility index (Phi) is 2.74. The van der Waals surface area contributed by atoms with E-state index in [1.165, 1.54) is 7.11 Å². The standard InChI is InChI=1S/C13H15NO4/c1-16-13(15)10-3-2-6-14(10)9-4-5-11-12(7-9)18-8-17-11/h4-5,7,10H,2-3,6,8H2,1H3. The van der Waals surface area contributed by atoms with Gasteiger partial charge in [0.2, 0.25) is 6.79 Å². The largest absolute Gasteiger partial charge is 0.467 e. The highest BCUT2D eigenvalue weighted by atomic mass is 16.7. The van der Waals surface area contributed by atoms with E-state index in [-0.39, 0.29) is 18.8 Å². The third-order valence-electron chi connectivity index (χ3n) is 3.41. The van der Waals surface area contributed by atoms with Crippen LogP contribution in [0.4, 0.5) is 5.69 Å². The molecule has 5 heteroatoms. The molecule has 0 bridgehead atoms. The number of esters is 1. The number of carbonyl (C=O) groups excluding carboxylic acids is 1. The highest BCUT2D eigenvalue weighted by molar-refractivity contribution is 5.81. The number of nitrogens with zero attached hydrogens (tertiary/aromatic N) is 1. The van der Waals surface area contributed by atoms with Crippen LogP contribution in [0, 0.1) is 0 Å². The van der Waals surface area contributed by atoms with Gasteiger partial charge in [0.05, 0.1) is 7.11 Å². The van der Waals surface area contributed by atoms with Crippen molar-refractivity contribution >= 4 is 11.7 Å². The monoisotopic (exact) mass is 249 g/mol. The van der Waals surface area contributed by atoms with Crippen molar-refractivity contribution in [2.75, 3.05) is 25.3 Å². The Morgan fingerprint density at radius 1 is 1.39 bits per heavy atom. The van der Waals surface area contributed by atoms with Gasteiger partial charge < -0.3 is 19.1 Å². The number of ether oxygens (including phenoxy) is 3. The van der Waals surface area contributed by atoms with Crippen molar-refractivity contribution < 1.29 is 19.0 Å². The van der Waals surface area contributed by atoms with Gasteiger partial charge in [-0.1, -0.05) is 0 Å². The third kappa shape index (κ3) is 1.75.